The second-order valence-corrected chi connectivity index (χ2v) is 8.94. The Morgan fingerprint density at radius 2 is 1.75 bits per heavy atom. The van der Waals surface area contributed by atoms with Crippen molar-refractivity contribution in [2.24, 2.45) is 11.8 Å². The SMILES string of the molecule is CC.CC(C)CO.CCC(=O)CCC(=O)NCc1cn(CC(C)(C)OCCC(C)C)nn1. The number of aliphatic hydroxyl groups excluding tert-OH is 1. The largest absolute Gasteiger partial charge is 0.396 e. The molecule has 1 amide bonds. The number of Topliss-reactive ketones (excluding diaryl/α,β-unsaturated/α-hetero) is 1. The van der Waals surface area contributed by atoms with E-state index in [1.54, 1.807) is 11.6 Å². The second kappa shape index (κ2) is 18.7. The van der Waals surface area contributed by atoms with Crippen LogP contribution in [0.1, 0.15) is 93.7 Å². The van der Waals surface area contributed by atoms with E-state index >= 15 is 0 Å². The number of nitrogens with zero attached hydrogens (tertiary/aromatic N) is 3. The Morgan fingerprint density at radius 3 is 2.25 bits per heavy atom. The molecule has 8 nitrogen and oxygen atoms in total. The van der Waals surface area contributed by atoms with Gasteiger partial charge in [0.25, 0.3) is 0 Å². The molecule has 1 rings (SSSR count). The van der Waals surface area contributed by atoms with Gasteiger partial charge in [0.15, 0.2) is 0 Å². The minimum absolute atomic E-state index is 0.0980. The number of aliphatic hydroxyl groups is 1. The molecule has 0 aliphatic rings. The summed E-state index contributed by atoms with van der Waals surface area (Å²) in [5.41, 5.74) is 0.358. The highest BCUT2D eigenvalue weighted by Crippen LogP contribution is 2.14. The molecule has 0 spiro atoms. The maximum absolute atomic E-state index is 11.7. The topological polar surface area (TPSA) is 106 Å². The van der Waals surface area contributed by atoms with Crippen LogP contribution in [0.2, 0.25) is 0 Å². The van der Waals surface area contributed by atoms with Crippen molar-refractivity contribution in [2.75, 3.05) is 13.2 Å². The number of amides is 1. The third-order valence-electron chi connectivity index (χ3n) is 4.17. The fourth-order valence-electron chi connectivity index (χ4n) is 2.21. The van der Waals surface area contributed by atoms with E-state index in [2.05, 4.69) is 29.5 Å². The Labute approximate surface area is 195 Å². The molecule has 1 aromatic heterocycles. The third-order valence-corrected chi connectivity index (χ3v) is 4.17. The van der Waals surface area contributed by atoms with Gasteiger partial charge in [0.2, 0.25) is 5.91 Å². The van der Waals surface area contributed by atoms with Crippen molar-refractivity contribution < 1.29 is 19.4 Å². The van der Waals surface area contributed by atoms with Gasteiger partial charge in [-0.1, -0.05) is 53.7 Å². The first-order valence-corrected chi connectivity index (χ1v) is 11.9. The monoisotopic (exact) mass is 456 g/mol. The number of carbonyl (C=O) groups is 2. The number of carbonyl (C=O) groups excluding carboxylic acids is 2. The van der Waals surface area contributed by atoms with Gasteiger partial charge in [0, 0.05) is 32.5 Å². The van der Waals surface area contributed by atoms with Crippen molar-refractivity contribution in [2.45, 2.75) is 107 Å². The molecule has 0 atom stereocenters. The summed E-state index contributed by atoms with van der Waals surface area (Å²) in [6.07, 6.45) is 3.81. The molecule has 0 aliphatic heterocycles. The van der Waals surface area contributed by atoms with Gasteiger partial charge in [-0.15, -0.1) is 5.10 Å². The van der Waals surface area contributed by atoms with Gasteiger partial charge in [-0.25, -0.2) is 4.68 Å². The summed E-state index contributed by atoms with van der Waals surface area (Å²) in [6.45, 7) is 20.1. The zero-order valence-corrected chi connectivity index (χ0v) is 21.9. The summed E-state index contributed by atoms with van der Waals surface area (Å²) in [5.74, 6) is 1.01. The van der Waals surface area contributed by atoms with Gasteiger partial charge >= 0.3 is 0 Å². The fraction of sp³-hybridized carbons (Fsp3) is 0.833. The molecule has 0 fully saturated rings. The van der Waals surface area contributed by atoms with Crippen molar-refractivity contribution in [3.8, 4) is 0 Å². The number of hydrogen-bond donors (Lipinski definition) is 2. The molecule has 0 radical (unpaired) electrons. The van der Waals surface area contributed by atoms with Crippen LogP contribution in [0.4, 0.5) is 0 Å². The van der Waals surface area contributed by atoms with Gasteiger partial charge < -0.3 is 15.2 Å². The van der Waals surface area contributed by atoms with E-state index in [9.17, 15) is 9.59 Å². The van der Waals surface area contributed by atoms with Crippen molar-refractivity contribution in [1.29, 1.82) is 0 Å². The van der Waals surface area contributed by atoms with Crippen LogP contribution in [-0.4, -0.2) is 50.6 Å². The van der Waals surface area contributed by atoms with Crippen molar-refractivity contribution in [3.63, 3.8) is 0 Å². The first-order chi connectivity index (χ1) is 15.0. The average molecular weight is 457 g/mol. The molecule has 2 N–H and O–H groups in total. The Kier molecular flexibility index (Phi) is 19.0. The van der Waals surface area contributed by atoms with E-state index in [0.29, 0.717) is 43.6 Å². The Bertz CT molecular complexity index is 613. The lowest BCUT2D eigenvalue weighted by atomic mass is 10.1. The Morgan fingerprint density at radius 1 is 1.16 bits per heavy atom. The summed E-state index contributed by atoms with van der Waals surface area (Å²) in [7, 11) is 0. The van der Waals surface area contributed by atoms with Crippen LogP contribution in [0, 0.1) is 11.8 Å². The highest BCUT2D eigenvalue weighted by atomic mass is 16.5. The second-order valence-electron chi connectivity index (χ2n) is 8.94. The van der Waals surface area contributed by atoms with E-state index in [0.717, 1.165) is 13.0 Å². The number of ether oxygens (including phenoxy) is 1. The number of aromatic nitrogens is 3. The summed E-state index contributed by atoms with van der Waals surface area (Å²) < 4.78 is 7.66. The smallest absolute Gasteiger partial charge is 0.220 e. The molecule has 188 valence electrons. The lowest BCUT2D eigenvalue weighted by molar-refractivity contribution is -0.125. The van der Waals surface area contributed by atoms with Crippen molar-refractivity contribution >= 4 is 11.7 Å². The first-order valence-electron chi connectivity index (χ1n) is 11.9. The normalized spacial score (nSPS) is 10.9. The van der Waals surface area contributed by atoms with Crippen LogP contribution < -0.4 is 5.32 Å². The van der Waals surface area contributed by atoms with E-state index in [-0.39, 0.29) is 30.1 Å². The Hall–Kier alpha value is -1.80. The average Bonchev–Trinajstić information content (AvgIpc) is 3.18. The van der Waals surface area contributed by atoms with E-state index < -0.39 is 0 Å². The van der Waals surface area contributed by atoms with Crippen LogP contribution in [-0.2, 0) is 27.4 Å². The minimum Gasteiger partial charge on any atom is -0.396 e. The molecule has 0 aromatic carbocycles. The molecule has 32 heavy (non-hydrogen) atoms. The van der Waals surface area contributed by atoms with E-state index in [1.807, 2.05) is 47.7 Å². The van der Waals surface area contributed by atoms with Gasteiger partial charge in [0.1, 0.15) is 11.5 Å². The van der Waals surface area contributed by atoms with Crippen molar-refractivity contribution in [3.05, 3.63) is 11.9 Å². The molecular formula is C24H48N4O4. The molecule has 0 saturated heterocycles. The quantitative estimate of drug-likeness (QED) is 0.462. The van der Waals surface area contributed by atoms with Crippen LogP contribution in [0.5, 0.6) is 0 Å². The maximum atomic E-state index is 11.7. The van der Waals surface area contributed by atoms with Crippen molar-refractivity contribution in [1.82, 2.24) is 20.3 Å². The molecule has 8 heteroatoms. The standard InChI is InChI=1S/C18H32N4O3.C4H10O.C2H6/c1-6-16(23)7-8-17(24)19-11-15-12-22(21-20-15)13-18(4,5)25-10-9-14(2)3;1-4(2)3-5;1-2/h12,14H,6-11,13H2,1-5H3,(H,19,24);4-5H,3H2,1-2H3;1-2H3. The molecule has 0 unspecified atom stereocenters. The Balaban J connectivity index is 0. The molecule has 0 bridgehead atoms. The van der Waals surface area contributed by atoms with Gasteiger partial charge in [0.05, 0.1) is 24.9 Å². The van der Waals surface area contributed by atoms with E-state index in [1.165, 1.54) is 0 Å². The van der Waals surface area contributed by atoms with Gasteiger partial charge in [-0.3, -0.25) is 9.59 Å². The summed E-state index contributed by atoms with van der Waals surface area (Å²) >= 11 is 0. The highest BCUT2D eigenvalue weighted by Gasteiger charge is 2.20. The highest BCUT2D eigenvalue weighted by molar-refractivity contribution is 5.84. The predicted octanol–water partition coefficient (Wildman–Crippen LogP) is 4.16. The van der Waals surface area contributed by atoms with Gasteiger partial charge in [-0.05, 0) is 32.1 Å². The number of ketones is 1. The summed E-state index contributed by atoms with van der Waals surface area (Å²) in [5, 5.41) is 19.1. The zero-order chi connectivity index (χ0) is 25.2. The van der Waals surface area contributed by atoms with Gasteiger partial charge in [-0.2, -0.15) is 0 Å². The molecule has 0 saturated carbocycles. The summed E-state index contributed by atoms with van der Waals surface area (Å²) in [6, 6.07) is 0. The first kappa shape index (κ1) is 32.4. The predicted molar refractivity (Wildman–Crippen MR) is 129 cm³/mol. The number of rotatable bonds is 13. The number of hydrogen-bond acceptors (Lipinski definition) is 6. The molecule has 0 aliphatic carbocycles. The third kappa shape index (κ3) is 18.9. The lowest BCUT2D eigenvalue weighted by Gasteiger charge is -2.25. The number of nitrogens with one attached hydrogen (secondary N) is 1. The van der Waals surface area contributed by atoms with Crippen LogP contribution in [0.3, 0.4) is 0 Å². The van der Waals surface area contributed by atoms with Crippen LogP contribution in [0.15, 0.2) is 6.20 Å². The minimum atomic E-state index is -0.330. The molecule has 1 aromatic rings. The zero-order valence-electron chi connectivity index (χ0n) is 21.9. The van der Waals surface area contributed by atoms with Crippen LogP contribution in [0.25, 0.3) is 0 Å². The molecule has 1 heterocycles. The summed E-state index contributed by atoms with van der Waals surface area (Å²) in [4.78, 5) is 22.9. The maximum Gasteiger partial charge on any atom is 0.220 e. The fourth-order valence-corrected chi connectivity index (χ4v) is 2.21. The lowest BCUT2D eigenvalue weighted by Crippen LogP contribution is -2.31. The van der Waals surface area contributed by atoms with Crippen LogP contribution >= 0.6 is 0 Å². The van der Waals surface area contributed by atoms with E-state index in [4.69, 9.17) is 9.84 Å². The molecular weight excluding hydrogens is 408 g/mol.